The number of nitrogens with one attached hydrogen (secondary N) is 1. The first-order valence-electron chi connectivity index (χ1n) is 6.17. The van der Waals surface area contributed by atoms with E-state index < -0.39 is 5.54 Å². The van der Waals surface area contributed by atoms with E-state index in [-0.39, 0.29) is 12.5 Å². The number of amides is 1. The minimum atomic E-state index is -0.539. The third kappa shape index (κ3) is 3.24. The van der Waals surface area contributed by atoms with Crippen molar-refractivity contribution in [3.63, 3.8) is 0 Å². The first-order valence-corrected chi connectivity index (χ1v) is 6.55. The first kappa shape index (κ1) is 15.0. The minimum Gasteiger partial charge on any atom is -0.394 e. The fraction of sp³-hybridized carbons (Fsp3) is 0.500. The van der Waals surface area contributed by atoms with Crippen LogP contribution in [-0.4, -0.2) is 23.2 Å². The maximum atomic E-state index is 12.2. The normalized spacial score (nSPS) is 11.4. The van der Waals surface area contributed by atoms with Crippen molar-refractivity contribution >= 4 is 17.5 Å². The molecule has 0 aliphatic heterocycles. The maximum absolute atomic E-state index is 12.2. The van der Waals surface area contributed by atoms with Crippen molar-refractivity contribution in [1.82, 2.24) is 5.32 Å². The predicted molar refractivity (Wildman–Crippen MR) is 74.1 cm³/mol. The summed E-state index contributed by atoms with van der Waals surface area (Å²) in [5.41, 5.74) is 0.890. The number of hydrogen-bond donors (Lipinski definition) is 2. The molecule has 2 N–H and O–H groups in total. The van der Waals surface area contributed by atoms with Gasteiger partial charge in [0.2, 0.25) is 0 Å². The molecule has 0 atom stereocenters. The second kappa shape index (κ2) is 6.21. The van der Waals surface area contributed by atoms with Gasteiger partial charge in [-0.2, -0.15) is 0 Å². The lowest BCUT2D eigenvalue weighted by Crippen LogP contribution is -2.50. The summed E-state index contributed by atoms with van der Waals surface area (Å²) >= 11 is 5.86. The third-order valence-corrected chi connectivity index (χ3v) is 3.70. The van der Waals surface area contributed by atoms with Gasteiger partial charge in [-0.3, -0.25) is 4.79 Å². The Morgan fingerprint density at radius 1 is 1.39 bits per heavy atom. The van der Waals surface area contributed by atoms with Gasteiger partial charge in [0.1, 0.15) is 0 Å². The van der Waals surface area contributed by atoms with Crippen molar-refractivity contribution in [2.24, 2.45) is 0 Å². The van der Waals surface area contributed by atoms with Gasteiger partial charge < -0.3 is 10.4 Å². The van der Waals surface area contributed by atoms with Gasteiger partial charge in [-0.1, -0.05) is 25.4 Å². The zero-order valence-corrected chi connectivity index (χ0v) is 11.8. The van der Waals surface area contributed by atoms with Crippen LogP contribution in [0.15, 0.2) is 18.2 Å². The van der Waals surface area contributed by atoms with Crippen LogP contribution in [0.25, 0.3) is 0 Å². The SMILES string of the molecule is CCC(CC)(CO)NC(=O)c1ccc(Cl)cc1C. The van der Waals surface area contributed by atoms with E-state index >= 15 is 0 Å². The van der Waals surface area contributed by atoms with Crippen molar-refractivity contribution in [2.45, 2.75) is 39.2 Å². The molecule has 0 radical (unpaired) electrons. The summed E-state index contributed by atoms with van der Waals surface area (Å²) in [5.74, 6) is -0.165. The fourth-order valence-electron chi connectivity index (χ4n) is 1.88. The van der Waals surface area contributed by atoms with Crippen molar-refractivity contribution in [2.75, 3.05) is 6.61 Å². The number of aliphatic hydroxyl groups excluding tert-OH is 1. The second-order valence-corrected chi connectivity index (χ2v) is 5.00. The molecular formula is C14H20ClNO2. The molecule has 1 aromatic rings. The van der Waals surface area contributed by atoms with Gasteiger partial charge in [0.15, 0.2) is 0 Å². The monoisotopic (exact) mass is 269 g/mol. The Labute approximate surface area is 113 Å². The van der Waals surface area contributed by atoms with E-state index in [0.717, 1.165) is 5.56 Å². The largest absolute Gasteiger partial charge is 0.394 e. The lowest BCUT2D eigenvalue weighted by molar-refractivity contribution is 0.0817. The van der Waals surface area contributed by atoms with Crippen LogP contribution >= 0.6 is 11.6 Å². The van der Waals surface area contributed by atoms with Gasteiger partial charge >= 0.3 is 0 Å². The van der Waals surface area contributed by atoms with E-state index in [9.17, 15) is 9.90 Å². The van der Waals surface area contributed by atoms with E-state index in [4.69, 9.17) is 11.6 Å². The Bertz CT molecular complexity index is 420. The quantitative estimate of drug-likeness (QED) is 0.863. The van der Waals surface area contributed by atoms with Crippen molar-refractivity contribution in [1.29, 1.82) is 0 Å². The van der Waals surface area contributed by atoms with Crippen LogP contribution in [-0.2, 0) is 0 Å². The van der Waals surface area contributed by atoms with Crippen LogP contribution in [0.5, 0.6) is 0 Å². The summed E-state index contributed by atoms with van der Waals surface area (Å²) < 4.78 is 0. The lowest BCUT2D eigenvalue weighted by Gasteiger charge is -2.31. The van der Waals surface area contributed by atoms with Gasteiger partial charge in [0.25, 0.3) is 5.91 Å². The molecule has 3 nitrogen and oxygen atoms in total. The highest BCUT2D eigenvalue weighted by atomic mass is 35.5. The molecule has 4 heteroatoms. The lowest BCUT2D eigenvalue weighted by atomic mass is 9.93. The van der Waals surface area contributed by atoms with E-state index in [1.54, 1.807) is 18.2 Å². The molecule has 0 aliphatic carbocycles. The summed E-state index contributed by atoms with van der Waals surface area (Å²) in [7, 11) is 0. The number of benzene rings is 1. The molecular weight excluding hydrogens is 250 g/mol. The molecule has 18 heavy (non-hydrogen) atoms. The minimum absolute atomic E-state index is 0.0572. The first-order chi connectivity index (χ1) is 8.48. The number of halogens is 1. The number of rotatable bonds is 5. The highest BCUT2D eigenvalue weighted by Gasteiger charge is 2.27. The van der Waals surface area contributed by atoms with Gasteiger partial charge in [-0.25, -0.2) is 0 Å². The average molecular weight is 270 g/mol. The summed E-state index contributed by atoms with van der Waals surface area (Å²) in [5, 5.41) is 13.0. The van der Waals surface area contributed by atoms with Crippen molar-refractivity contribution in [3.05, 3.63) is 34.3 Å². The molecule has 0 saturated heterocycles. The molecule has 0 spiro atoms. The molecule has 1 aromatic carbocycles. The van der Waals surface area contributed by atoms with E-state index in [0.29, 0.717) is 23.4 Å². The van der Waals surface area contributed by atoms with E-state index in [1.807, 2.05) is 20.8 Å². The number of hydrogen-bond acceptors (Lipinski definition) is 2. The van der Waals surface area contributed by atoms with Gasteiger partial charge in [-0.05, 0) is 43.5 Å². The second-order valence-electron chi connectivity index (χ2n) is 4.56. The van der Waals surface area contributed by atoms with Crippen LogP contribution in [0, 0.1) is 6.92 Å². The molecule has 1 rings (SSSR count). The Hall–Kier alpha value is -1.06. The molecule has 0 saturated carbocycles. The summed E-state index contributed by atoms with van der Waals surface area (Å²) in [6.45, 7) is 5.70. The van der Waals surface area contributed by atoms with E-state index in [2.05, 4.69) is 5.32 Å². The van der Waals surface area contributed by atoms with Crippen LogP contribution < -0.4 is 5.32 Å². The van der Waals surface area contributed by atoms with Crippen LogP contribution in [0.3, 0.4) is 0 Å². The summed E-state index contributed by atoms with van der Waals surface area (Å²) in [6.07, 6.45) is 1.39. The highest BCUT2D eigenvalue weighted by Crippen LogP contribution is 2.18. The van der Waals surface area contributed by atoms with Gasteiger partial charge in [-0.15, -0.1) is 0 Å². The molecule has 0 fully saturated rings. The molecule has 0 aromatic heterocycles. The molecule has 0 unspecified atom stereocenters. The number of aryl methyl sites for hydroxylation is 1. The fourth-order valence-corrected chi connectivity index (χ4v) is 2.11. The average Bonchev–Trinajstić information content (AvgIpc) is 2.36. The molecule has 0 bridgehead atoms. The summed E-state index contributed by atoms with van der Waals surface area (Å²) in [4.78, 5) is 12.2. The summed E-state index contributed by atoms with van der Waals surface area (Å²) in [6, 6.07) is 5.16. The number of carbonyl (C=O) groups is 1. The Kier molecular flexibility index (Phi) is 5.17. The van der Waals surface area contributed by atoms with Crippen LogP contribution in [0.1, 0.15) is 42.6 Å². The standard InChI is InChI=1S/C14H20ClNO2/c1-4-14(5-2,9-17)16-13(18)12-7-6-11(15)8-10(12)3/h6-8,17H,4-5,9H2,1-3H3,(H,16,18). The van der Waals surface area contributed by atoms with Gasteiger partial charge in [0.05, 0.1) is 12.1 Å². The zero-order chi connectivity index (χ0) is 13.8. The molecule has 1 amide bonds. The predicted octanol–water partition coefficient (Wildman–Crippen LogP) is 2.93. The van der Waals surface area contributed by atoms with Gasteiger partial charge in [0, 0.05) is 10.6 Å². The molecule has 100 valence electrons. The maximum Gasteiger partial charge on any atom is 0.252 e. The van der Waals surface area contributed by atoms with Crippen LogP contribution in [0.4, 0.5) is 0 Å². The van der Waals surface area contributed by atoms with Crippen molar-refractivity contribution in [3.8, 4) is 0 Å². The molecule has 0 heterocycles. The van der Waals surface area contributed by atoms with Crippen molar-refractivity contribution < 1.29 is 9.90 Å². The van der Waals surface area contributed by atoms with E-state index in [1.165, 1.54) is 0 Å². The van der Waals surface area contributed by atoms with Crippen LogP contribution in [0.2, 0.25) is 5.02 Å². The Morgan fingerprint density at radius 2 is 2.00 bits per heavy atom. The Morgan fingerprint density at radius 3 is 2.44 bits per heavy atom. The molecule has 0 aliphatic rings. The third-order valence-electron chi connectivity index (χ3n) is 3.47. The number of aliphatic hydroxyl groups is 1. The topological polar surface area (TPSA) is 49.3 Å². The smallest absolute Gasteiger partial charge is 0.252 e. The highest BCUT2D eigenvalue weighted by molar-refractivity contribution is 6.30. The zero-order valence-electron chi connectivity index (χ0n) is 11.1. The Balaban J connectivity index is 2.94. The number of carbonyl (C=O) groups excluding carboxylic acids is 1.